The number of likely N-dealkylation sites (N-methyl/N-ethyl adjacent to an activating group) is 1. The zero-order valence-electron chi connectivity index (χ0n) is 24.4. The summed E-state index contributed by atoms with van der Waals surface area (Å²) in [7, 11) is 2.07. The fourth-order valence-corrected chi connectivity index (χ4v) is 5.93. The Morgan fingerprint density at radius 2 is 1.62 bits per heavy atom. The van der Waals surface area contributed by atoms with Crippen LogP contribution in [0, 0.1) is 5.92 Å². The van der Waals surface area contributed by atoms with Crippen LogP contribution in [0.25, 0.3) is 0 Å². The number of nitrogens with one attached hydrogen (secondary N) is 1. The molecule has 0 radical (unpaired) electrons. The van der Waals surface area contributed by atoms with Crippen molar-refractivity contribution in [1.29, 1.82) is 0 Å². The first-order chi connectivity index (χ1) is 18.3. The molecule has 0 spiro atoms. The van der Waals surface area contributed by atoms with Crippen molar-refractivity contribution in [1.82, 2.24) is 24.9 Å². The van der Waals surface area contributed by atoms with Gasteiger partial charge in [-0.2, -0.15) is 0 Å². The number of carbonyl (C=O) groups is 4. The summed E-state index contributed by atoms with van der Waals surface area (Å²) < 4.78 is 0. The van der Waals surface area contributed by atoms with Crippen molar-refractivity contribution in [2.75, 3.05) is 52.9 Å². The molecule has 3 amide bonds. The number of fused-ring (bicyclic) bond motifs is 1. The van der Waals surface area contributed by atoms with Gasteiger partial charge in [-0.1, -0.05) is 46.8 Å². The Morgan fingerprint density at radius 3 is 2.21 bits per heavy atom. The number of piperazine rings is 1. The molecule has 214 valence electrons. The van der Waals surface area contributed by atoms with E-state index in [9.17, 15) is 19.2 Å². The lowest BCUT2D eigenvalue weighted by molar-refractivity contribution is -0.138. The maximum absolute atomic E-state index is 13.8. The maximum atomic E-state index is 13.8. The highest BCUT2D eigenvalue weighted by molar-refractivity contribution is 6.01. The first-order valence-corrected chi connectivity index (χ1v) is 14.3. The Balaban J connectivity index is 1.43. The van der Waals surface area contributed by atoms with Gasteiger partial charge < -0.3 is 20.0 Å². The monoisotopic (exact) mass is 539 g/mol. The van der Waals surface area contributed by atoms with E-state index in [1.807, 2.05) is 26.0 Å². The highest BCUT2D eigenvalue weighted by Gasteiger charge is 2.52. The molecule has 0 saturated carbocycles. The second-order valence-electron chi connectivity index (χ2n) is 12.9. The zero-order chi connectivity index (χ0) is 28.5. The Bertz CT molecular complexity index is 1070. The molecule has 1 N–H and O–H groups in total. The smallest absolute Gasteiger partial charge is 0.251 e. The number of hydrogen-bond donors (Lipinski definition) is 1. The first-order valence-electron chi connectivity index (χ1n) is 14.3. The summed E-state index contributed by atoms with van der Waals surface area (Å²) in [5.74, 6) is -0.503. The van der Waals surface area contributed by atoms with Crippen LogP contribution in [0.1, 0.15) is 63.4 Å². The van der Waals surface area contributed by atoms with Gasteiger partial charge in [-0.05, 0) is 48.9 Å². The zero-order valence-corrected chi connectivity index (χ0v) is 24.4. The minimum atomic E-state index is -0.735. The lowest BCUT2D eigenvalue weighted by atomic mass is 9.86. The molecule has 3 aliphatic rings. The molecule has 1 aromatic carbocycles. The van der Waals surface area contributed by atoms with Crippen LogP contribution in [-0.2, 0) is 19.8 Å². The lowest BCUT2D eigenvalue weighted by Crippen LogP contribution is -2.53. The van der Waals surface area contributed by atoms with Crippen LogP contribution in [0.2, 0.25) is 0 Å². The van der Waals surface area contributed by atoms with Gasteiger partial charge in [0.15, 0.2) is 5.78 Å². The summed E-state index contributed by atoms with van der Waals surface area (Å²) >= 11 is 0. The number of carbonyl (C=O) groups excluding carboxylic acids is 4. The number of rotatable bonds is 7. The van der Waals surface area contributed by atoms with Gasteiger partial charge in [-0.25, -0.2) is 0 Å². The molecule has 39 heavy (non-hydrogen) atoms. The van der Waals surface area contributed by atoms with Crippen molar-refractivity contribution < 1.29 is 19.2 Å². The Hall–Kier alpha value is -2.78. The largest absolute Gasteiger partial charge is 0.340 e. The normalized spacial score (nSPS) is 23.3. The van der Waals surface area contributed by atoms with Crippen LogP contribution in [0.15, 0.2) is 24.3 Å². The Morgan fingerprint density at radius 1 is 0.974 bits per heavy atom. The minimum absolute atomic E-state index is 0.0228. The van der Waals surface area contributed by atoms with Gasteiger partial charge in [0.2, 0.25) is 11.8 Å². The van der Waals surface area contributed by atoms with Crippen molar-refractivity contribution in [2.45, 2.75) is 71.0 Å². The topological polar surface area (TPSA) is 93.3 Å². The minimum Gasteiger partial charge on any atom is -0.340 e. The quantitative estimate of drug-likeness (QED) is 0.568. The van der Waals surface area contributed by atoms with Crippen LogP contribution in [-0.4, -0.2) is 114 Å². The van der Waals surface area contributed by atoms with E-state index in [1.165, 1.54) is 0 Å². The lowest BCUT2D eigenvalue weighted by Gasteiger charge is -2.33. The Labute approximate surface area is 232 Å². The average Bonchev–Trinajstić information content (AvgIpc) is 3.45. The molecule has 3 unspecified atom stereocenters. The number of likely N-dealkylation sites (tertiary alicyclic amines) is 2. The SMILES string of the molecule is CC(C)CC(NC(=O)c1ccc(C(C)(C)C)cc1)C(=O)N1CCC2C1C(=O)CN2C(=O)CN1CCN(C)CC1. The van der Waals surface area contributed by atoms with Crippen molar-refractivity contribution in [3.63, 3.8) is 0 Å². The van der Waals surface area contributed by atoms with E-state index in [4.69, 9.17) is 0 Å². The molecule has 3 heterocycles. The molecule has 0 aliphatic carbocycles. The number of Topliss-reactive ketones (excluding diaryl/α,β-unsaturated/α-hetero) is 1. The summed E-state index contributed by atoms with van der Waals surface area (Å²) in [5, 5.41) is 2.95. The predicted molar refractivity (Wildman–Crippen MR) is 150 cm³/mol. The van der Waals surface area contributed by atoms with E-state index in [-0.39, 0.29) is 47.4 Å². The van der Waals surface area contributed by atoms with Gasteiger partial charge in [0.1, 0.15) is 12.1 Å². The molecule has 0 aromatic heterocycles. The van der Waals surface area contributed by atoms with Crippen LogP contribution in [0.3, 0.4) is 0 Å². The van der Waals surface area contributed by atoms with E-state index in [1.54, 1.807) is 21.9 Å². The van der Waals surface area contributed by atoms with E-state index < -0.39 is 12.1 Å². The number of amides is 3. The third-order valence-electron chi connectivity index (χ3n) is 8.30. The Kier molecular flexibility index (Phi) is 8.81. The number of benzene rings is 1. The molecule has 3 atom stereocenters. The van der Waals surface area contributed by atoms with Crippen molar-refractivity contribution >= 4 is 23.5 Å². The average molecular weight is 540 g/mol. The maximum Gasteiger partial charge on any atom is 0.251 e. The number of ketones is 1. The van der Waals surface area contributed by atoms with Crippen molar-refractivity contribution in [3.8, 4) is 0 Å². The van der Waals surface area contributed by atoms with E-state index in [0.29, 0.717) is 31.5 Å². The highest BCUT2D eigenvalue weighted by atomic mass is 16.2. The fraction of sp³-hybridized carbons (Fsp3) is 0.667. The van der Waals surface area contributed by atoms with E-state index in [0.717, 1.165) is 31.7 Å². The van der Waals surface area contributed by atoms with Gasteiger partial charge in [0.25, 0.3) is 5.91 Å². The van der Waals surface area contributed by atoms with Gasteiger partial charge in [-0.3, -0.25) is 24.1 Å². The van der Waals surface area contributed by atoms with Crippen LogP contribution in [0.5, 0.6) is 0 Å². The van der Waals surface area contributed by atoms with Gasteiger partial charge >= 0.3 is 0 Å². The second kappa shape index (κ2) is 11.8. The van der Waals surface area contributed by atoms with Gasteiger partial charge in [0.05, 0.1) is 19.1 Å². The number of hydrogen-bond acceptors (Lipinski definition) is 6. The summed E-state index contributed by atoms with van der Waals surface area (Å²) in [6.45, 7) is 14.6. The molecule has 3 saturated heterocycles. The molecule has 9 heteroatoms. The number of nitrogens with zero attached hydrogens (tertiary/aromatic N) is 4. The molecule has 9 nitrogen and oxygen atoms in total. The van der Waals surface area contributed by atoms with Crippen LogP contribution in [0.4, 0.5) is 0 Å². The summed E-state index contributed by atoms with van der Waals surface area (Å²) in [6, 6.07) is 5.83. The fourth-order valence-electron chi connectivity index (χ4n) is 5.93. The second-order valence-corrected chi connectivity index (χ2v) is 12.9. The van der Waals surface area contributed by atoms with Gasteiger partial charge in [-0.15, -0.1) is 0 Å². The third-order valence-corrected chi connectivity index (χ3v) is 8.30. The van der Waals surface area contributed by atoms with Crippen molar-refractivity contribution in [2.24, 2.45) is 5.92 Å². The van der Waals surface area contributed by atoms with Gasteiger partial charge in [0, 0.05) is 38.3 Å². The molecular weight excluding hydrogens is 494 g/mol. The molecule has 1 aromatic rings. The van der Waals surface area contributed by atoms with Crippen LogP contribution < -0.4 is 5.32 Å². The summed E-state index contributed by atoms with van der Waals surface area (Å²) in [4.78, 5) is 60.9. The van der Waals surface area contributed by atoms with E-state index in [2.05, 4.69) is 42.9 Å². The molecule has 3 aliphatic heterocycles. The predicted octanol–water partition coefficient (Wildman–Crippen LogP) is 1.76. The molecule has 0 bridgehead atoms. The van der Waals surface area contributed by atoms with E-state index >= 15 is 0 Å². The van der Waals surface area contributed by atoms with Crippen LogP contribution >= 0.6 is 0 Å². The molecular formula is C30H45N5O4. The summed E-state index contributed by atoms with van der Waals surface area (Å²) in [6.07, 6.45) is 1.05. The van der Waals surface area contributed by atoms with Crippen molar-refractivity contribution in [3.05, 3.63) is 35.4 Å². The highest BCUT2D eigenvalue weighted by Crippen LogP contribution is 2.31. The molecule has 3 fully saturated rings. The summed E-state index contributed by atoms with van der Waals surface area (Å²) in [5.41, 5.74) is 1.61. The first kappa shape index (κ1) is 29.2. The third kappa shape index (κ3) is 6.69. The standard InChI is InChI=1S/C30H45N5O4/c1-20(2)17-23(31-28(38)21-7-9-22(10-8-21)30(3,4)5)29(39)34-12-11-24-27(34)25(36)18-35(24)26(37)19-33-15-13-32(6)14-16-33/h7-10,20,23-24,27H,11-19H2,1-6H3,(H,31,38). The molecule has 4 rings (SSSR count).